The number of rotatable bonds is 5. The number of benzene rings is 1. The van der Waals surface area contributed by atoms with Gasteiger partial charge in [0.05, 0.1) is 5.41 Å². The Balaban J connectivity index is 1.63. The van der Waals surface area contributed by atoms with Gasteiger partial charge in [-0.1, -0.05) is 12.1 Å². The number of primary amides is 1. The molecular formula is C20H30N2O3. The highest BCUT2D eigenvalue weighted by molar-refractivity contribution is 5.86. The van der Waals surface area contributed by atoms with Crippen molar-refractivity contribution in [3.05, 3.63) is 29.8 Å². The fourth-order valence-electron chi connectivity index (χ4n) is 3.95. The normalized spacial score (nSPS) is 22.0. The van der Waals surface area contributed by atoms with Crippen molar-refractivity contribution in [3.63, 3.8) is 0 Å². The van der Waals surface area contributed by atoms with Crippen LogP contribution in [0.3, 0.4) is 0 Å². The fraction of sp³-hybridized carbons (Fsp3) is 0.650. The van der Waals surface area contributed by atoms with Crippen LogP contribution in [0.1, 0.15) is 45.1 Å². The molecule has 2 heterocycles. The van der Waals surface area contributed by atoms with Gasteiger partial charge >= 0.3 is 0 Å². The van der Waals surface area contributed by atoms with Crippen LogP contribution in [0.4, 0.5) is 0 Å². The van der Waals surface area contributed by atoms with E-state index in [4.69, 9.17) is 15.2 Å². The molecule has 2 fully saturated rings. The van der Waals surface area contributed by atoms with Crippen molar-refractivity contribution in [1.29, 1.82) is 0 Å². The van der Waals surface area contributed by atoms with Gasteiger partial charge in [0.15, 0.2) is 0 Å². The molecule has 2 aliphatic rings. The summed E-state index contributed by atoms with van der Waals surface area (Å²) in [6, 6.07) is 8.54. The van der Waals surface area contributed by atoms with Gasteiger partial charge in [-0.2, -0.15) is 0 Å². The van der Waals surface area contributed by atoms with Gasteiger partial charge in [-0.25, -0.2) is 0 Å². The number of carbonyl (C=O) groups excluding carboxylic acids is 1. The molecule has 1 aromatic carbocycles. The number of nitrogens with two attached hydrogens (primary N) is 1. The van der Waals surface area contributed by atoms with E-state index in [0.29, 0.717) is 32.1 Å². The van der Waals surface area contributed by atoms with E-state index in [-0.39, 0.29) is 12.0 Å². The maximum atomic E-state index is 12.1. The Morgan fingerprint density at radius 2 is 1.80 bits per heavy atom. The van der Waals surface area contributed by atoms with Crippen molar-refractivity contribution < 1.29 is 14.3 Å². The van der Waals surface area contributed by atoms with E-state index in [1.165, 1.54) is 0 Å². The number of piperidine rings is 1. The molecule has 2 saturated heterocycles. The van der Waals surface area contributed by atoms with Crippen LogP contribution in [0.15, 0.2) is 24.3 Å². The number of ether oxygens (including phenoxy) is 2. The van der Waals surface area contributed by atoms with Crippen molar-refractivity contribution in [2.45, 2.75) is 57.1 Å². The first-order valence-corrected chi connectivity index (χ1v) is 9.40. The van der Waals surface area contributed by atoms with Gasteiger partial charge in [0.25, 0.3) is 0 Å². The van der Waals surface area contributed by atoms with Gasteiger partial charge in [-0.3, -0.25) is 4.79 Å². The molecule has 0 atom stereocenters. The van der Waals surface area contributed by atoms with Crippen LogP contribution in [0, 0.1) is 0 Å². The molecule has 3 rings (SSSR count). The molecule has 5 nitrogen and oxygen atoms in total. The predicted octanol–water partition coefficient (Wildman–Crippen LogP) is 2.47. The minimum Gasteiger partial charge on any atom is -0.490 e. The SMILES string of the molecule is CC(C)N1CCC(Oc2ccc(C3(C(N)=O)CCOCC3)cc2)CC1. The summed E-state index contributed by atoms with van der Waals surface area (Å²) in [7, 11) is 0. The van der Waals surface area contributed by atoms with E-state index in [0.717, 1.165) is 37.2 Å². The standard InChI is InChI=1S/C20H30N2O3/c1-15(2)22-11-7-18(8-12-22)25-17-5-3-16(4-6-17)20(19(21)23)9-13-24-14-10-20/h3-6,15,18H,7-14H2,1-2H3,(H2,21,23). The van der Waals surface area contributed by atoms with Crippen molar-refractivity contribution in [3.8, 4) is 5.75 Å². The molecule has 0 saturated carbocycles. The first kappa shape index (κ1) is 18.2. The summed E-state index contributed by atoms with van der Waals surface area (Å²) in [5, 5.41) is 0. The summed E-state index contributed by atoms with van der Waals surface area (Å²) in [6.45, 7) is 7.82. The highest BCUT2D eigenvalue weighted by atomic mass is 16.5. The number of hydrogen-bond donors (Lipinski definition) is 1. The molecule has 1 amide bonds. The summed E-state index contributed by atoms with van der Waals surface area (Å²) < 4.78 is 11.6. The molecule has 0 spiro atoms. The molecule has 1 aromatic rings. The average molecular weight is 346 g/mol. The molecule has 0 unspecified atom stereocenters. The second-order valence-electron chi connectivity index (χ2n) is 7.53. The Kier molecular flexibility index (Phi) is 5.64. The van der Waals surface area contributed by atoms with E-state index in [1.807, 2.05) is 24.3 Å². The zero-order valence-corrected chi connectivity index (χ0v) is 15.4. The third-order valence-corrected chi connectivity index (χ3v) is 5.73. The molecule has 2 aliphatic heterocycles. The highest BCUT2D eigenvalue weighted by Crippen LogP contribution is 2.35. The Morgan fingerprint density at radius 1 is 1.20 bits per heavy atom. The molecular weight excluding hydrogens is 316 g/mol. The van der Waals surface area contributed by atoms with Crippen molar-refractivity contribution in [2.24, 2.45) is 5.73 Å². The lowest BCUT2D eigenvalue weighted by Gasteiger charge is -2.35. The Hall–Kier alpha value is -1.59. The molecule has 0 bridgehead atoms. The predicted molar refractivity (Wildman–Crippen MR) is 97.7 cm³/mol. The first-order chi connectivity index (χ1) is 12.0. The van der Waals surface area contributed by atoms with Crippen LogP contribution in [-0.4, -0.2) is 49.3 Å². The van der Waals surface area contributed by atoms with Gasteiger partial charge in [0.2, 0.25) is 5.91 Å². The van der Waals surface area contributed by atoms with Gasteiger partial charge in [-0.05, 0) is 57.2 Å². The summed E-state index contributed by atoms with van der Waals surface area (Å²) in [5.41, 5.74) is 6.11. The quantitative estimate of drug-likeness (QED) is 0.889. The van der Waals surface area contributed by atoms with Crippen LogP contribution in [0.2, 0.25) is 0 Å². The lowest BCUT2D eigenvalue weighted by molar-refractivity contribution is -0.127. The maximum Gasteiger partial charge on any atom is 0.228 e. The lowest BCUT2D eigenvalue weighted by atomic mass is 9.73. The summed E-state index contributed by atoms with van der Waals surface area (Å²) in [4.78, 5) is 14.6. The fourth-order valence-corrected chi connectivity index (χ4v) is 3.95. The Morgan fingerprint density at radius 3 is 2.32 bits per heavy atom. The number of carbonyl (C=O) groups is 1. The molecule has 0 aliphatic carbocycles. The number of likely N-dealkylation sites (tertiary alicyclic amines) is 1. The smallest absolute Gasteiger partial charge is 0.228 e. The lowest BCUT2D eigenvalue weighted by Crippen LogP contribution is -2.45. The third kappa shape index (κ3) is 3.98. The summed E-state index contributed by atoms with van der Waals surface area (Å²) in [6.07, 6.45) is 3.69. The van der Waals surface area contributed by atoms with Crippen LogP contribution in [0.5, 0.6) is 5.75 Å². The zero-order valence-electron chi connectivity index (χ0n) is 15.4. The van der Waals surface area contributed by atoms with E-state index < -0.39 is 5.41 Å². The van der Waals surface area contributed by atoms with Gasteiger partial charge in [-0.15, -0.1) is 0 Å². The van der Waals surface area contributed by atoms with Gasteiger partial charge < -0.3 is 20.1 Å². The van der Waals surface area contributed by atoms with Crippen LogP contribution in [0.25, 0.3) is 0 Å². The van der Waals surface area contributed by atoms with E-state index >= 15 is 0 Å². The van der Waals surface area contributed by atoms with Crippen molar-refractivity contribution in [1.82, 2.24) is 4.90 Å². The minimum atomic E-state index is -0.598. The van der Waals surface area contributed by atoms with Crippen LogP contribution in [-0.2, 0) is 14.9 Å². The van der Waals surface area contributed by atoms with Gasteiger partial charge in [0, 0.05) is 32.3 Å². The Bertz CT molecular complexity index is 571. The van der Waals surface area contributed by atoms with E-state index in [9.17, 15) is 4.79 Å². The second kappa shape index (κ2) is 7.75. The molecule has 0 radical (unpaired) electrons. The van der Waals surface area contributed by atoms with Crippen LogP contribution >= 0.6 is 0 Å². The highest BCUT2D eigenvalue weighted by Gasteiger charge is 2.40. The molecule has 25 heavy (non-hydrogen) atoms. The Labute approximate surface area is 150 Å². The third-order valence-electron chi connectivity index (χ3n) is 5.73. The van der Waals surface area contributed by atoms with E-state index in [1.54, 1.807) is 0 Å². The first-order valence-electron chi connectivity index (χ1n) is 9.40. The second-order valence-corrected chi connectivity index (χ2v) is 7.53. The average Bonchev–Trinajstić information content (AvgIpc) is 2.63. The van der Waals surface area contributed by atoms with E-state index in [2.05, 4.69) is 18.7 Å². The molecule has 0 aromatic heterocycles. The number of amides is 1. The molecule has 5 heteroatoms. The molecule has 138 valence electrons. The minimum absolute atomic E-state index is 0.259. The van der Waals surface area contributed by atoms with Crippen molar-refractivity contribution >= 4 is 5.91 Å². The van der Waals surface area contributed by atoms with Crippen molar-refractivity contribution in [2.75, 3.05) is 26.3 Å². The summed E-state index contributed by atoms with van der Waals surface area (Å²) in [5.74, 6) is 0.615. The summed E-state index contributed by atoms with van der Waals surface area (Å²) >= 11 is 0. The van der Waals surface area contributed by atoms with Gasteiger partial charge in [0.1, 0.15) is 11.9 Å². The van der Waals surface area contributed by atoms with Crippen LogP contribution < -0.4 is 10.5 Å². The zero-order chi connectivity index (χ0) is 17.9. The number of hydrogen-bond acceptors (Lipinski definition) is 4. The molecule has 2 N–H and O–H groups in total. The largest absolute Gasteiger partial charge is 0.490 e. The number of nitrogens with zero attached hydrogens (tertiary/aromatic N) is 1. The monoisotopic (exact) mass is 346 g/mol. The topological polar surface area (TPSA) is 64.8 Å². The maximum absolute atomic E-state index is 12.1.